The van der Waals surface area contributed by atoms with Crippen LogP contribution < -0.4 is 19.7 Å². The number of aromatic nitrogens is 4. The van der Waals surface area contributed by atoms with E-state index in [2.05, 4.69) is 38.7 Å². The Balaban J connectivity index is 0.684. The van der Waals surface area contributed by atoms with E-state index in [0.29, 0.717) is 67.0 Å². The van der Waals surface area contributed by atoms with E-state index in [0.717, 1.165) is 38.5 Å². The molecule has 3 amide bonds. The van der Waals surface area contributed by atoms with Gasteiger partial charge in [-0.25, -0.2) is 9.97 Å². The smallest absolute Gasteiger partial charge is 0.421 e. The van der Waals surface area contributed by atoms with Crippen molar-refractivity contribution < 1.29 is 41.8 Å². The lowest BCUT2D eigenvalue weighted by Crippen LogP contribution is -2.52. The van der Waals surface area contributed by atoms with Crippen molar-refractivity contribution in [3.8, 4) is 34.6 Å². The molecule has 2 saturated heterocycles. The molecule has 1 N–H and O–H groups in total. The van der Waals surface area contributed by atoms with Crippen LogP contribution in [0.2, 0.25) is 0 Å². The van der Waals surface area contributed by atoms with Crippen molar-refractivity contribution in [3.05, 3.63) is 120 Å². The number of benzene rings is 2. The van der Waals surface area contributed by atoms with Crippen molar-refractivity contribution in [1.29, 1.82) is 0 Å². The number of halogens is 3. The third-order valence-corrected chi connectivity index (χ3v) is 12.0. The van der Waals surface area contributed by atoms with E-state index in [1.807, 2.05) is 34.7 Å². The van der Waals surface area contributed by atoms with Crippen LogP contribution in [0.25, 0.3) is 32.9 Å². The first-order valence-corrected chi connectivity index (χ1v) is 20.4. The maximum Gasteiger partial charge on any atom is 0.421 e. The van der Waals surface area contributed by atoms with Crippen molar-refractivity contribution in [1.82, 2.24) is 29.7 Å². The number of pyridine rings is 3. The molecule has 13 nitrogen and oxygen atoms in total. The number of piperidine rings is 1. The number of imide groups is 1. The minimum atomic E-state index is -4.68. The Kier molecular flexibility index (Phi) is 9.86. The molecular weight excluding hydrogens is 816 g/mol. The van der Waals surface area contributed by atoms with E-state index in [1.165, 1.54) is 6.20 Å². The van der Waals surface area contributed by atoms with Crippen LogP contribution in [-0.4, -0.2) is 86.2 Å². The molecule has 0 spiro atoms. The second kappa shape index (κ2) is 15.6. The Hall–Kier alpha value is -7.25. The van der Waals surface area contributed by atoms with Crippen LogP contribution in [0.3, 0.4) is 0 Å². The summed E-state index contributed by atoms with van der Waals surface area (Å²) in [4.78, 5) is 54.6. The van der Waals surface area contributed by atoms with Gasteiger partial charge in [0, 0.05) is 84.8 Å². The molecule has 0 bridgehead atoms. The fourth-order valence-corrected chi connectivity index (χ4v) is 8.50. The number of allylic oxidation sites excluding steroid dienone is 1. The molecule has 1 atom stereocenters. The Labute approximate surface area is 358 Å². The number of rotatable bonds is 9. The Morgan fingerprint density at radius 1 is 0.841 bits per heavy atom. The minimum Gasteiger partial charge on any atom is -0.489 e. The number of carbonyl (C=O) groups is 3. The van der Waals surface area contributed by atoms with E-state index in [9.17, 15) is 27.6 Å². The summed E-state index contributed by atoms with van der Waals surface area (Å²) in [5.41, 5.74) is 4.28. The average Bonchev–Trinajstić information content (AvgIpc) is 3.67. The molecule has 10 rings (SSSR count). The number of nitrogens with zero attached hydrogens (tertiary/aromatic N) is 6. The van der Waals surface area contributed by atoms with Gasteiger partial charge in [0.05, 0.1) is 28.9 Å². The Bertz CT molecular complexity index is 2930. The van der Waals surface area contributed by atoms with Crippen LogP contribution in [0, 0.1) is 11.8 Å². The van der Waals surface area contributed by atoms with Gasteiger partial charge in [-0.05, 0) is 72.9 Å². The number of aryl methyl sites for hydroxylation is 1. The highest BCUT2D eigenvalue weighted by Gasteiger charge is 2.45. The SMILES string of the molecule is C=C1CCC(N2C(=O)c3ccc(N4CC(OCC#Cc5ccc(OC6CC(Oc7ncc(-c8ccc9c%10cnccc%10n(C)c9c8)cc7C(F)(F)F)C6)cn5)C4)cc3C2=O)C(=O)N1. The first-order valence-electron chi connectivity index (χ1n) is 20.4. The van der Waals surface area contributed by atoms with Crippen LogP contribution >= 0.6 is 0 Å². The monoisotopic (exact) mass is 853 g/mol. The Morgan fingerprint density at radius 3 is 2.43 bits per heavy atom. The van der Waals surface area contributed by atoms with E-state index in [-0.39, 0.29) is 29.9 Å². The fourth-order valence-electron chi connectivity index (χ4n) is 8.50. The lowest BCUT2D eigenvalue weighted by molar-refractivity contribution is -0.140. The molecule has 3 aliphatic heterocycles. The van der Waals surface area contributed by atoms with Crippen LogP contribution in [0.4, 0.5) is 18.9 Å². The summed E-state index contributed by atoms with van der Waals surface area (Å²) < 4.78 is 62.6. The summed E-state index contributed by atoms with van der Waals surface area (Å²) in [6.45, 7) is 5.09. The normalized spacial score (nSPS) is 20.0. The predicted octanol–water partition coefficient (Wildman–Crippen LogP) is 6.84. The molecule has 2 aromatic carbocycles. The molecule has 1 aliphatic carbocycles. The molecule has 4 aromatic heterocycles. The number of amides is 3. The van der Waals surface area contributed by atoms with E-state index in [1.54, 1.807) is 55.0 Å². The van der Waals surface area contributed by atoms with Gasteiger partial charge in [-0.2, -0.15) is 13.2 Å². The van der Waals surface area contributed by atoms with Crippen molar-refractivity contribution in [2.24, 2.45) is 7.05 Å². The van der Waals surface area contributed by atoms with Gasteiger partial charge in [-0.3, -0.25) is 24.3 Å². The van der Waals surface area contributed by atoms with E-state index in [4.69, 9.17) is 14.2 Å². The Morgan fingerprint density at radius 2 is 1.65 bits per heavy atom. The quantitative estimate of drug-likeness (QED) is 0.122. The van der Waals surface area contributed by atoms with Gasteiger partial charge < -0.3 is 29.0 Å². The summed E-state index contributed by atoms with van der Waals surface area (Å²) in [7, 11) is 1.91. The maximum absolute atomic E-state index is 14.3. The first kappa shape index (κ1) is 39.9. The van der Waals surface area contributed by atoms with Gasteiger partial charge in [0.2, 0.25) is 11.8 Å². The largest absolute Gasteiger partial charge is 0.489 e. The van der Waals surface area contributed by atoms with E-state index >= 15 is 0 Å². The van der Waals surface area contributed by atoms with Gasteiger partial charge in [0.1, 0.15) is 41.9 Å². The second-order valence-corrected chi connectivity index (χ2v) is 16.1. The molecule has 3 fully saturated rings. The van der Waals surface area contributed by atoms with E-state index < -0.39 is 47.5 Å². The van der Waals surface area contributed by atoms with Gasteiger partial charge in [-0.1, -0.05) is 24.6 Å². The molecule has 16 heteroatoms. The highest BCUT2D eigenvalue weighted by atomic mass is 19.4. The highest BCUT2D eigenvalue weighted by Crippen LogP contribution is 2.41. The first-order chi connectivity index (χ1) is 30.4. The lowest BCUT2D eigenvalue weighted by atomic mass is 9.92. The van der Waals surface area contributed by atoms with Crippen molar-refractivity contribution in [2.75, 3.05) is 24.6 Å². The summed E-state index contributed by atoms with van der Waals surface area (Å²) in [6, 6.07) is 16.2. The number of ether oxygens (including phenoxy) is 3. The van der Waals surface area contributed by atoms with Crippen molar-refractivity contribution in [3.63, 3.8) is 0 Å². The number of carbonyl (C=O) groups excluding carboxylic acids is 3. The van der Waals surface area contributed by atoms with Crippen LogP contribution in [-0.2, 0) is 22.8 Å². The predicted molar refractivity (Wildman–Crippen MR) is 225 cm³/mol. The minimum absolute atomic E-state index is 0.0789. The zero-order valence-electron chi connectivity index (χ0n) is 33.8. The van der Waals surface area contributed by atoms with Gasteiger partial charge in [-0.15, -0.1) is 0 Å². The highest BCUT2D eigenvalue weighted by molar-refractivity contribution is 6.23. The molecule has 1 saturated carbocycles. The van der Waals surface area contributed by atoms with Crippen molar-refractivity contribution in [2.45, 2.75) is 56.2 Å². The molecule has 6 aromatic rings. The molecule has 4 aliphatic rings. The molecule has 1 unspecified atom stereocenters. The van der Waals surface area contributed by atoms with Crippen LogP contribution in [0.5, 0.6) is 11.6 Å². The van der Waals surface area contributed by atoms with Crippen molar-refractivity contribution >= 4 is 45.2 Å². The molecule has 63 heavy (non-hydrogen) atoms. The molecular formula is C47H38F3N7O6. The third kappa shape index (κ3) is 7.48. The fraction of sp³-hybridized carbons (Fsp3) is 0.277. The average molecular weight is 854 g/mol. The summed E-state index contributed by atoms with van der Waals surface area (Å²) >= 11 is 0. The van der Waals surface area contributed by atoms with Gasteiger partial charge in [0.15, 0.2) is 0 Å². The number of hydrogen-bond donors (Lipinski definition) is 1. The summed E-state index contributed by atoms with van der Waals surface area (Å²) in [6.07, 6.45) is 2.53. The molecule has 7 heterocycles. The zero-order valence-corrected chi connectivity index (χ0v) is 33.8. The van der Waals surface area contributed by atoms with Gasteiger partial charge >= 0.3 is 6.18 Å². The van der Waals surface area contributed by atoms with Crippen LogP contribution in [0.1, 0.15) is 57.7 Å². The number of nitrogens with one attached hydrogen (secondary N) is 1. The van der Waals surface area contributed by atoms with Crippen LogP contribution in [0.15, 0.2) is 97.7 Å². The number of alkyl halides is 3. The number of hydrogen-bond acceptors (Lipinski definition) is 10. The standard InChI is InChI=1S/C47H38F3N7O6/c1-26-5-12-41(43(58)54-26)57-45(59)36-11-8-30(18-37(36)46(57)60)56-24-34(25-56)61-15-3-4-29-7-9-31(22-52-29)62-32-19-33(20-32)63-44-39(47(48,49)50)16-28(21-53-44)27-6-10-35-38-23-51-14-13-40(38)55(2)42(35)17-27/h6-11,13-14,16-18,21-23,32-34,41H,1,5,12,15,19-20,24-25H2,2H3,(H,54,58). The summed E-state index contributed by atoms with van der Waals surface area (Å²) in [5, 5.41) is 4.57. The summed E-state index contributed by atoms with van der Waals surface area (Å²) in [5.74, 6) is 4.63. The molecule has 318 valence electrons. The van der Waals surface area contributed by atoms with Gasteiger partial charge in [0.25, 0.3) is 11.8 Å². The number of anilines is 1. The zero-order chi connectivity index (χ0) is 43.6. The lowest BCUT2D eigenvalue weighted by Gasteiger charge is -2.40. The maximum atomic E-state index is 14.3. The number of fused-ring (bicyclic) bond motifs is 4. The molecule has 0 radical (unpaired) electrons. The topological polar surface area (TPSA) is 141 Å². The third-order valence-electron chi connectivity index (χ3n) is 12.0. The second-order valence-electron chi connectivity index (χ2n) is 16.1.